The van der Waals surface area contributed by atoms with Gasteiger partial charge in [-0.25, -0.2) is 31.7 Å². The first-order valence-electron chi connectivity index (χ1n) is 5.12. The summed E-state index contributed by atoms with van der Waals surface area (Å²) in [6.45, 7) is 1.68. The van der Waals surface area contributed by atoms with Crippen molar-refractivity contribution in [1.29, 1.82) is 0 Å². The summed E-state index contributed by atoms with van der Waals surface area (Å²) in [6.07, 6.45) is 1.50. The molecule has 3 N–H and O–H groups in total. The van der Waals surface area contributed by atoms with Crippen LogP contribution in [0.25, 0.3) is 0 Å². The number of nitrogens with zero attached hydrogens (tertiary/aromatic N) is 2. The lowest BCUT2D eigenvalue weighted by Gasteiger charge is -2.03. The van der Waals surface area contributed by atoms with Crippen LogP contribution in [0.4, 0.5) is 0 Å². The molecule has 8 nitrogen and oxygen atoms in total. The number of aryl methyl sites for hydroxylation is 2. The molecule has 0 aliphatic rings. The molecule has 10 heteroatoms. The summed E-state index contributed by atoms with van der Waals surface area (Å²) in [6, 6.07) is 0. The third kappa shape index (κ3) is 4.37. The average molecular weight is 296 g/mol. The predicted octanol–water partition coefficient (Wildman–Crippen LogP) is -1.31. The second-order valence-corrected chi connectivity index (χ2v) is 7.30. The lowest BCUT2D eigenvalue weighted by Crippen LogP contribution is -2.27. The largest absolute Gasteiger partial charge is 0.337 e. The van der Waals surface area contributed by atoms with E-state index in [0.717, 1.165) is 0 Å². The van der Waals surface area contributed by atoms with Crippen LogP contribution < -0.4 is 9.86 Å². The number of nitrogens with two attached hydrogens (primary N) is 1. The van der Waals surface area contributed by atoms with Gasteiger partial charge in [0.15, 0.2) is 5.03 Å². The molecule has 0 radical (unpaired) electrons. The highest BCUT2D eigenvalue weighted by Gasteiger charge is 2.17. The minimum Gasteiger partial charge on any atom is -0.337 e. The Labute approximate surface area is 106 Å². The molecule has 0 aromatic carbocycles. The van der Waals surface area contributed by atoms with Gasteiger partial charge in [-0.1, -0.05) is 0 Å². The van der Waals surface area contributed by atoms with Crippen molar-refractivity contribution in [3.63, 3.8) is 0 Å². The van der Waals surface area contributed by atoms with Crippen LogP contribution in [0.1, 0.15) is 12.2 Å². The molecule has 0 aliphatic heterocycles. The van der Waals surface area contributed by atoms with Gasteiger partial charge in [-0.05, 0) is 13.3 Å². The maximum Gasteiger partial charge on any atom is 0.259 e. The van der Waals surface area contributed by atoms with E-state index in [1.165, 1.54) is 6.20 Å². The van der Waals surface area contributed by atoms with Crippen LogP contribution in [0, 0.1) is 6.92 Å². The third-order valence-corrected chi connectivity index (χ3v) is 4.45. The van der Waals surface area contributed by atoms with Gasteiger partial charge < -0.3 is 4.57 Å². The molecular weight excluding hydrogens is 280 g/mol. The molecule has 1 aromatic heterocycles. The van der Waals surface area contributed by atoms with Gasteiger partial charge in [-0.3, -0.25) is 0 Å². The van der Waals surface area contributed by atoms with Crippen LogP contribution >= 0.6 is 0 Å². The van der Waals surface area contributed by atoms with Crippen molar-refractivity contribution in [1.82, 2.24) is 14.3 Å². The fourth-order valence-electron chi connectivity index (χ4n) is 1.21. The van der Waals surface area contributed by atoms with Crippen molar-refractivity contribution in [3.8, 4) is 0 Å². The van der Waals surface area contributed by atoms with Crippen LogP contribution in [-0.2, 0) is 27.1 Å². The van der Waals surface area contributed by atoms with Crippen LogP contribution in [0.5, 0.6) is 0 Å². The second kappa shape index (κ2) is 5.34. The fraction of sp³-hybridized carbons (Fsp3) is 0.625. The van der Waals surface area contributed by atoms with E-state index in [2.05, 4.69) is 9.71 Å². The lowest BCUT2D eigenvalue weighted by atomic mass is 10.5. The molecule has 104 valence electrons. The van der Waals surface area contributed by atoms with Crippen molar-refractivity contribution in [2.24, 2.45) is 12.2 Å². The van der Waals surface area contributed by atoms with Gasteiger partial charge in [0, 0.05) is 19.8 Å². The van der Waals surface area contributed by atoms with E-state index < -0.39 is 20.0 Å². The standard InChI is InChI=1S/C8H16N4O4S2/c1-7-11-8(6-12(7)2)18(15,16)10-4-3-5-17(9,13)14/h6,10H,3-5H2,1-2H3,(H2,9,13,14). The zero-order valence-electron chi connectivity index (χ0n) is 10.1. The number of primary sulfonamides is 1. The Bertz CT molecular complexity index is 598. The highest BCUT2D eigenvalue weighted by Crippen LogP contribution is 2.07. The predicted molar refractivity (Wildman–Crippen MR) is 65.7 cm³/mol. The fourth-order valence-corrected chi connectivity index (χ4v) is 2.87. The summed E-state index contributed by atoms with van der Waals surface area (Å²) in [5.41, 5.74) is 0. The Kier molecular flexibility index (Phi) is 4.48. The van der Waals surface area contributed by atoms with Gasteiger partial charge in [0.1, 0.15) is 5.82 Å². The van der Waals surface area contributed by atoms with E-state index >= 15 is 0 Å². The van der Waals surface area contributed by atoms with E-state index in [1.54, 1.807) is 18.5 Å². The number of rotatable bonds is 6. The smallest absolute Gasteiger partial charge is 0.259 e. The normalized spacial score (nSPS) is 12.8. The first-order valence-corrected chi connectivity index (χ1v) is 8.32. The quantitative estimate of drug-likeness (QED) is 0.630. The van der Waals surface area contributed by atoms with Gasteiger partial charge in [0.2, 0.25) is 10.0 Å². The Balaban J connectivity index is 2.61. The number of hydrogen-bond donors (Lipinski definition) is 2. The van der Waals surface area contributed by atoms with Crippen molar-refractivity contribution in [2.45, 2.75) is 18.4 Å². The first kappa shape index (κ1) is 15.1. The Morgan fingerprint density at radius 3 is 2.44 bits per heavy atom. The van der Waals surface area contributed by atoms with E-state index in [1.807, 2.05) is 0 Å². The summed E-state index contributed by atoms with van der Waals surface area (Å²) in [4.78, 5) is 3.88. The highest BCUT2D eigenvalue weighted by atomic mass is 32.2. The molecule has 1 aromatic rings. The van der Waals surface area contributed by atoms with Gasteiger partial charge in [-0.15, -0.1) is 0 Å². The number of aromatic nitrogens is 2. The lowest BCUT2D eigenvalue weighted by molar-refractivity contribution is 0.573. The molecule has 0 aliphatic carbocycles. The number of nitrogens with one attached hydrogen (secondary N) is 1. The molecule has 0 unspecified atom stereocenters. The van der Waals surface area contributed by atoms with Crippen LogP contribution in [-0.4, -0.2) is 38.7 Å². The molecule has 0 bridgehead atoms. The maximum absolute atomic E-state index is 11.8. The summed E-state index contributed by atoms with van der Waals surface area (Å²) < 4.78 is 48.7. The maximum atomic E-state index is 11.8. The van der Waals surface area contributed by atoms with Crippen LogP contribution in [0.15, 0.2) is 11.2 Å². The molecule has 0 fully saturated rings. The monoisotopic (exact) mass is 296 g/mol. The summed E-state index contributed by atoms with van der Waals surface area (Å²) in [5, 5.41) is 4.71. The third-order valence-electron chi connectivity index (χ3n) is 2.26. The summed E-state index contributed by atoms with van der Waals surface area (Å²) >= 11 is 0. The molecule has 18 heavy (non-hydrogen) atoms. The van der Waals surface area contributed by atoms with E-state index in [4.69, 9.17) is 5.14 Å². The van der Waals surface area contributed by atoms with Crippen molar-refractivity contribution in [3.05, 3.63) is 12.0 Å². The molecular formula is C8H16N4O4S2. The van der Waals surface area contributed by atoms with Crippen molar-refractivity contribution >= 4 is 20.0 Å². The second-order valence-electron chi connectivity index (χ2n) is 3.86. The Morgan fingerprint density at radius 2 is 2.00 bits per heavy atom. The highest BCUT2D eigenvalue weighted by molar-refractivity contribution is 7.89. The van der Waals surface area contributed by atoms with Gasteiger partial charge in [-0.2, -0.15) is 0 Å². The van der Waals surface area contributed by atoms with Crippen molar-refractivity contribution in [2.75, 3.05) is 12.3 Å². The minimum atomic E-state index is -3.70. The summed E-state index contributed by atoms with van der Waals surface area (Å²) in [5.74, 6) is 0.302. The van der Waals surface area contributed by atoms with Gasteiger partial charge in [0.25, 0.3) is 10.0 Å². The average Bonchev–Trinajstić information content (AvgIpc) is 2.54. The number of imidazole rings is 1. The first-order chi connectivity index (χ1) is 8.12. The van der Waals surface area contributed by atoms with Gasteiger partial charge in [0.05, 0.1) is 5.75 Å². The topological polar surface area (TPSA) is 124 Å². The zero-order valence-corrected chi connectivity index (χ0v) is 11.8. The molecule has 0 spiro atoms. The number of sulfonamides is 2. The van der Waals surface area contributed by atoms with Gasteiger partial charge >= 0.3 is 0 Å². The van der Waals surface area contributed by atoms with E-state index in [9.17, 15) is 16.8 Å². The SMILES string of the molecule is Cc1nc(S(=O)(=O)NCCCS(N)(=O)=O)cn1C. The molecule has 0 saturated heterocycles. The van der Waals surface area contributed by atoms with Crippen LogP contribution in [0.2, 0.25) is 0 Å². The Hall–Kier alpha value is -0.970. The molecule has 1 heterocycles. The Morgan fingerprint density at radius 1 is 1.39 bits per heavy atom. The molecule has 1 rings (SSSR count). The number of hydrogen-bond acceptors (Lipinski definition) is 5. The van der Waals surface area contributed by atoms with E-state index in [-0.39, 0.29) is 23.7 Å². The molecule has 0 amide bonds. The zero-order chi connectivity index (χ0) is 14.0. The summed E-state index contributed by atoms with van der Waals surface area (Å²) in [7, 11) is -5.58. The minimum absolute atomic E-state index is 0.00557. The molecule has 0 atom stereocenters. The molecule has 0 saturated carbocycles. The van der Waals surface area contributed by atoms with E-state index in [0.29, 0.717) is 5.82 Å². The van der Waals surface area contributed by atoms with Crippen molar-refractivity contribution < 1.29 is 16.8 Å². The van der Waals surface area contributed by atoms with Crippen LogP contribution in [0.3, 0.4) is 0 Å².